The topological polar surface area (TPSA) is 120 Å². The summed E-state index contributed by atoms with van der Waals surface area (Å²) < 4.78 is 29.1. The van der Waals surface area contributed by atoms with Crippen LogP contribution < -0.4 is 5.32 Å². The van der Waals surface area contributed by atoms with E-state index in [0.29, 0.717) is 28.1 Å². The fourth-order valence-corrected chi connectivity index (χ4v) is 5.77. The summed E-state index contributed by atoms with van der Waals surface area (Å²) >= 11 is 1.10. The molecule has 1 aromatic heterocycles. The molecular formula is C30H28N2O6S2. The van der Waals surface area contributed by atoms with Gasteiger partial charge in [0.15, 0.2) is 15.0 Å². The number of amides is 1. The van der Waals surface area contributed by atoms with E-state index in [9.17, 15) is 22.8 Å². The molecule has 206 valence electrons. The second kappa shape index (κ2) is 12.8. The molecule has 0 bridgehead atoms. The number of hydrogen-bond donors (Lipinski definition) is 1. The van der Waals surface area contributed by atoms with Crippen LogP contribution in [0.4, 0.5) is 5.13 Å². The summed E-state index contributed by atoms with van der Waals surface area (Å²) in [5.74, 6) is -0.901. The fourth-order valence-electron chi connectivity index (χ4n) is 3.92. The molecule has 0 aliphatic carbocycles. The summed E-state index contributed by atoms with van der Waals surface area (Å²) in [6.07, 6.45) is 0.558. The molecule has 0 unspecified atom stereocenters. The van der Waals surface area contributed by atoms with Crippen LogP contribution in [0.5, 0.6) is 0 Å². The second-order valence-electron chi connectivity index (χ2n) is 8.95. The van der Waals surface area contributed by atoms with Crippen molar-refractivity contribution in [3.63, 3.8) is 0 Å². The van der Waals surface area contributed by atoms with Gasteiger partial charge in [-0.2, -0.15) is 0 Å². The van der Waals surface area contributed by atoms with Crippen LogP contribution in [0.15, 0.2) is 83.8 Å². The molecule has 0 spiro atoms. The third-order valence-corrected chi connectivity index (χ3v) is 8.79. The number of nitrogens with one attached hydrogen (secondary N) is 1. The molecule has 1 heterocycles. The molecule has 0 saturated heterocycles. The van der Waals surface area contributed by atoms with Gasteiger partial charge in [0, 0.05) is 24.5 Å². The van der Waals surface area contributed by atoms with Crippen LogP contribution in [0.3, 0.4) is 0 Å². The summed E-state index contributed by atoms with van der Waals surface area (Å²) in [5.41, 5.74) is 3.26. The predicted molar refractivity (Wildman–Crippen MR) is 154 cm³/mol. The van der Waals surface area contributed by atoms with Crippen molar-refractivity contribution in [2.45, 2.75) is 31.6 Å². The van der Waals surface area contributed by atoms with Crippen molar-refractivity contribution in [2.75, 3.05) is 17.7 Å². The second-order valence-corrected chi connectivity index (χ2v) is 12.2. The number of benzene rings is 3. The van der Waals surface area contributed by atoms with Crippen molar-refractivity contribution in [3.05, 3.63) is 100 Å². The number of nitrogens with zero attached hydrogens (tertiary/aromatic N) is 1. The van der Waals surface area contributed by atoms with Crippen molar-refractivity contribution in [1.82, 2.24) is 4.98 Å². The minimum atomic E-state index is -3.32. The van der Waals surface area contributed by atoms with Crippen LogP contribution in [0.2, 0.25) is 0 Å². The SMILES string of the molecule is CCS(=O)(=O)c1ccc(CC(=O)Nc2nc(-c3ccccc3)c(C(=O)c3ccc(CCOC(C)=O)cc3)s2)cc1. The molecule has 0 aliphatic heterocycles. The van der Waals surface area contributed by atoms with Crippen LogP contribution in [0.25, 0.3) is 11.3 Å². The van der Waals surface area contributed by atoms with Gasteiger partial charge in [-0.1, -0.05) is 85.0 Å². The molecule has 10 heteroatoms. The van der Waals surface area contributed by atoms with E-state index in [1.54, 1.807) is 31.2 Å². The average molecular weight is 577 g/mol. The molecule has 40 heavy (non-hydrogen) atoms. The van der Waals surface area contributed by atoms with Gasteiger partial charge in [-0.25, -0.2) is 13.4 Å². The minimum Gasteiger partial charge on any atom is -0.466 e. The van der Waals surface area contributed by atoms with Gasteiger partial charge in [-0.15, -0.1) is 0 Å². The zero-order chi connectivity index (χ0) is 28.7. The van der Waals surface area contributed by atoms with E-state index in [-0.39, 0.29) is 46.5 Å². The zero-order valence-corrected chi connectivity index (χ0v) is 23.7. The number of rotatable bonds is 11. The Morgan fingerprint density at radius 1 is 0.900 bits per heavy atom. The highest BCUT2D eigenvalue weighted by atomic mass is 32.2. The first-order valence-electron chi connectivity index (χ1n) is 12.6. The van der Waals surface area contributed by atoms with E-state index >= 15 is 0 Å². The summed E-state index contributed by atoms with van der Waals surface area (Å²) in [6.45, 7) is 3.20. The maximum absolute atomic E-state index is 13.5. The number of carbonyl (C=O) groups excluding carboxylic acids is 3. The highest BCUT2D eigenvalue weighted by Crippen LogP contribution is 2.33. The van der Waals surface area contributed by atoms with Crippen molar-refractivity contribution in [2.24, 2.45) is 0 Å². The monoisotopic (exact) mass is 576 g/mol. The van der Waals surface area contributed by atoms with Gasteiger partial charge in [0.25, 0.3) is 0 Å². The third kappa shape index (κ3) is 7.28. The van der Waals surface area contributed by atoms with E-state index in [1.807, 2.05) is 42.5 Å². The van der Waals surface area contributed by atoms with Crippen LogP contribution in [-0.2, 0) is 37.0 Å². The van der Waals surface area contributed by atoms with E-state index in [0.717, 1.165) is 22.5 Å². The fraction of sp³-hybridized carbons (Fsp3) is 0.200. The molecule has 3 aromatic carbocycles. The molecule has 1 amide bonds. The van der Waals surface area contributed by atoms with Crippen molar-refractivity contribution >= 4 is 44.0 Å². The van der Waals surface area contributed by atoms with Crippen LogP contribution in [0, 0.1) is 0 Å². The van der Waals surface area contributed by atoms with E-state index < -0.39 is 9.84 Å². The number of carbonyl (C=O) groups is 3. The number of hydrogen-bond acceptors (Lipinski definition) is 8. The summed E-state index contributed by atoms with van der Waals surface area (Å²) in [4.78, 5) is 42.5. The Bertz CT molecular complexity index is 1610. The smallest absolute Gasteiger partial charge is 0.302 e. The van der Waals surface area contributed by atoms with Gasteiger partial charge < -0.3 is 10.1 Å². The van der Waals surface area contributed by atoms with Crippen molar-refractivity contribution in [3.8, 4) is 11.3 Å². The van der Waals surface area contributed by atoms with Crippen molar-refractivity contribution < 1.29 is 27.5 Å². The molecular weight excluding hydrogens is 548 g/mol. The quantitative estimate of drug-likeness (QED) is 0.194. The van der Waals surface area contributed by atoms with Gasteiger partial charge in [0.1, 0.15) is 4.88 Å². The molecule has 4 rings (SSSR count). The Kier molecular flexibility index (Phi) is 9.23. The van der Waals surface area contributed by atoms with Crippen LogP contribution in [-0.4, -0.2) is 43.4 Å². The standard InChI is InChI=1S/C30H28N2O6S2/c1-3-40(36,37)25-15-11-22(12-16-25)19-26(34)31-30-32-27(23-7-5-4-6-8-23)29(39-30)28(35)24-13-9-21(10-14-24)17-18-38-20(2)33/h4-16H,3,17-19H2,1-2H3,(H,31,32,34). The first-order chi connectivity index (χ1) is 19.2. The lowest BCUT2D eigenvalue weighted by atomic mass is 10.0. The van der Waals surface area contributed by atoms with Crippen LogP contribution in [0.1, 0.15) is 40.2 Å². The Labute approximate surface area is 237 Å². The minimum absolute atomic E-state index is 0.00189. The van der Waals surface area contributed by atoms with Crippen LogP contribution >= 0.6 is 11.3 Å². The predicted octanol–water partition coefficient (Wildman–Crippen LogP) is 5.12. The normalized spacial score (nSPS) is 11.2. The molecule has 0 atom stereocenters. The lowest BCUT2D eigenvalue weighted by Crippen LogP contribution is -2.14. The van der Waals surface area contributed by atoms with E-state index in [4.69, 9.17) is 4.74 Å². The van der Waals surface area contributed by atoms with Gasteiger partial charge >= 0.3 is 5.97 Å². The first-order valence-corrected chi connectivity index (χ1v) is 15.1. The van der Waals surface area contributed by atoms with Gasteiger partial charge in [-0.3, -0.25) is 14.4 Å². The number of aromatic nitrogens is 1. The third-order valence-electron chi connectivity index (χ3n) is 6.07. The Hall–Kier alpha value is -4.15. The lowest BCUT2D eigenvalue weighted by Gasteiger charge is -2.05. The van der Waals surface area contributed by atoms with Crippen molar-refractivity contribution in [1.29, 1.82) is 0 Å². The number of thiazole rings is 1. The van der Waals surface area contributed by atoms with E-state index in [1.165, 1.54) is 19.1 Å². The molecule has 4 aromatic rings. The highest BCUT2D eigenvalue weighted by Gasteiger charge is 2.22. The maximum Gasteiger partial charge on any atom is 0.302 e. The average Bonchev–Trinajstić information content (AvgIpc) is 3.37. The Morgan fingerprint density at radius 3 is 2.17 bits per heavy atom. The summed E-state index contributed by atoms with van der Waals surface area (Å²) in [5, 5.41) is 3.07. The zero-order valence-electron chi connectivity index (χ0n) is 22.0. The highest BCUT2D eigenvalue weighted by molar-refractivity contribution is 7.91. The summed E-state index contributed by atoms with van der Waals surface area (Å²) in [6, 6.07) is 22.6. The number of ether oxygens (including phenoxy) is 1. The summed E-state index contributed by atoms with van der Waals surface area (Å²) in [7, 11) is -3.32. The first kappa shape index (κ1) is 28.8. The Balaban J connectivity index is 1.52. The molecule has 0 aliphatic rings. The van der Waals surface area contributed by atoms with Gasteiger partial charge in [0.05, 0.1) is 29.4 Å². The number of esters is 1. The Morgan fingerprint density at radius 2 is 1.55 bits per heavy atom. The largest absolute Gasteiger partial charge is 0.466 e. The van der Waals surface area contributed by atoms with E-state index in [2.05, 4.69) is 10.3 Å². The molecule has 0 fully saturated rings. The maximum atomic E-state index is 13.5. The lowest BCUT2D eigenvalue weighted by molar-refractivity contribution is -0.140. The molecule has 8 nitrogen and oxygen atoms in total. The molecule has 0 saturated carbocycles. The number of sulfone groups is 1. The van der Waals surface area contributed by atoms with Gasteiger partial charge in [0.2, 0.25) is 11.7 Å². The molecule has 1 N–H and O–H groups in total. The van der Waals surface area contributed by atoms with Gasteiger partial charge in [-0.05, 0) is 23.3 Å². The molecule has 0 radical (unpaired) electrons. The number of anilines is 1. The number of ketones is 1.